The minimum atomic E-state index is -0.976. The molecule has 2 N–H and O–H groups in total. The summed E-state index contributed by atoms with van der Waals surface area (Å²) < 4.78 is 10.9. The highest BCUT2D eigenvalue weighted by atomic mass is 16.6. The summed E-state index contributed by atoms with van der Waals surface area (Å²) in [7, 11) is 12.5. The van der Waals surface area contributed by atoms with Crippen molar-refractivity contribution in [3.63, 3.8) is 0 Å². The minimum Gasteiger partial charge on any atom is -0.491 e. The van der Waals surface area contributed by atoms with Crippen molar-refractivity contribution in [2.24, 2.45) is 0 Å². The largest absolute Gasteiger partial charge is 0.491 e. The minimum absolute atomic E-state index is 0.105. The molecule has 140 valence electrons. The molecule has 0 spiro atoms. The highest BCUT2D eigenvalue weighted by Crippen LogP contribution is 2.22. The van der Waals surface area contributed by atoms with Gasteiger partial charge in [-0.3, -0.25) is 0 Å². The maximum absolute atomic E-state index is 11.8. The summed E-state index contributed by atoms with van der Waals surface area (Å²) in [4.78, 5) is 11.8. The predicted molar refractivity (Wildman–Crippen MR) is 106 cm³/mol. The molecular weight excluding hydrogens is 328 g/mol. The number of aliphatic hydroxyl groups is 1. The number of rotatable bonds is 7. The number of hydrogen-bond donors (Lipinski definition) is 2. The Morgan fingerprint density at radius 1 is 1.27 bits per heavy atom. The molecule has 0 fully saturated rings. The predicted octanol–water partition coefficient (Wildman–Crippen LogP) is 1.93. The zero-order chi connectivity index (χ0) is 20.1. The van der Waals surface area contributed by atoms with Crippen LogP contribution in [0.2, 0.25) is 0 Å². The lowest BCUT2D eigenvalue weighted by molar-refractivity contribution is 0.0288. The second-order valence-corrected chi connectivity index (χ2v) is 7.99. The van der Waals surface area contributed by atoms with Crippen LogP contribution in [0, 0.1) is 0 Å². The van der Waals surface area contributed by atoms with E-state index >= 15 is 0 Å². The average molecular weight is 357 g/mol. The van der Waals surface area contributed by atoms with Crippen LogP contribution in [0.1, 0.15) is 58.5 Å². The van der Waals surface area contributed by atoms with Gasteiger partial charge in [-0.15, -0.1) is 0 Å². The van der Waals surface area contributed by atoms with Gasteiger partial charge in [-0.05, 0) is 58.5 Å². The number of carbonyl (C=O) groups excluding carboxylic acids is 1. The zero-order valence-corrected chi connectivity index (χ0v) is 16.7. The van der Waals surface area contributed by atoms with Gasteiger partial charge in [0.25, 0.3) is 0 Å². The van der Waals surface area contributed by atoms with E-state index in [-0.39, 0.29) is 13.2 Å². The summed E-state index contributed by atoms with van der Waals surface area (Å²) in [5.74, 6) is -0.0461. The van der Waals surface area contributed by atoms with E-state index in [1.165, 1.54) is 0 Å². The molecule has 0 aromatic heterocycles. The molecule has 0 saturated heterocycles. The quantitative estimate of drug-likeness (QED) is 0.732. The summed E-state index contributed by atoms with van der Waals surface area (Å²) in [5.41, 5.74) is 0.587. The van der Waals surface area contributed by atoms with Crippen molar-refractivity contribution in [2.75, 3.05) is 13.2 Å². The van der Waals surface area contributed by atoms with Gasteiger partial charge in [-0.1, -0.05) is 24.0 Å². The zero-order valence-electron chi connectivity index (χ0n) is 16.7. The maximum atomic E-state index is 11.8. The van der Waals surface area contributed by atoms with Crippen molar-refractivity contribution >= 4 is 27.2 Å². The number of amides is 1. The Hall–Kier alpha value is -1.62. The molecule has 1 amide bonds. The lowest BCUT2D eigenvalue weighted by Gasteiger charge is -2.25. The van der Waals surface area contributed by atoms with Crippen molar-refractivity contribution < 1.29 is 19.4 Å². The Kier molecular flexibility index (Phi) is 7.63. The van der Waals surface area contributed by atoms with Crippen LogP contribution >= 0.6 is 0 Å². The van der Waals surface area contributed by atoms with Crippen LogP contribution in [0.25, 0.3) is 0 Å². The van der Waals surface area contributed by atoms with E-state index in [2.05, 4.69) is 5.32 Å². The summed E-state index contributed by atoms with van der Waals surface area (Å²) in [6, 6.07) is 3.68. The second-order valence-electron chi connectivity index (χ2n) is 7.99. The van der Waals surface area contributed by atoms with Crippen LogP contribution in [0.3, 0.4) is 0 Å². The lowest BCUT2D eigenvalue weighted by Crippen LogP contribution is -2.36. The Morgan fingerprint density at radius 3 is 2.38 bits per heavy atom. The van der Waals surface area contributed by atoms with Crippen molar-refractivity contribution in [3.8, 4) is 5.75 Å². The summed E-state index contributed by atoms with van der Waals surface area (Å²) in [6.45, 7) is 11.0. The Labute approximate surface area is 159 Å². The highest BCUT2D eigenvalue weighted by molar-refractivity contribution is 6.36. The first-order valence-corrected chi connectivity index (χ1v) is 8.83. The van der Waals surface area contributed by atoms with Crippen LogP contribution in [0.15, 0.2) is 12.1 Å². The Morgan fingerprint density at radius 2 is 1.88 bits per heavy atom. The van der Waals surface area contributed by atoms with E-state index < -0.39 is 23.1 Å². The monoisotopic (exact) mass is 357 g/mol. The van der Waals surface area contributed by atoms with Crippen molar-refractivity contribution in [1.29, 1.82) is 0 Å². The van der Waals surface area contributed by atoms with E-state index in [9.17, 15) is 9.90 Å². The fraction of sp³-hybridized carbons (Fsp3) is 0.632. The molecule has 7 heteroatoms. The third kappa shape index (κ3) is 7.32. The van der Waals surface area contributed by atoms with Gasteiger partial charge in [0.1, 0.15) is 25.8 Å². The molecule has 1 aromatic carbocycles. The van der Waals surface area contributed by atoms with E-state index in [0.29, 0.717) is 11.2 Å². The van der Waals surface area contributed by atoms with Crippen molar-refractivity contribution in [3.05, 3.63) is 23.3 Å². The van der Waals surface area contributed by atoms with E-state index in [4.69, 9.17) is 25.2 Å². The first kappa shape index (κ1) is 22.4. The number of aryl methyl sites for hydroxylation is 1. The van der Waals surface area contributed by atoms with E-state index in [1.807, 2.05) is 13.0 Å². The van der Waals surface area contributed by atoms with Gasteiger partial charge in [-0.2, -0.15) is 0 Å². The molecule has 26 heavy (non-hydrogen) atoms. The van der Waals surface area contributed by atoms with Crippen molar-refractivity contribution in [2.45, 2.75) is 65.0 Å². The molecule has 0 heterocycles. The number of alkyl carbamates (subject to hydrolysis) is 1. The van der Waals surface area contributed by atoms with Crippen LogP contribution in [-0.2, 0) is 11.2 Å². The molecule has 5 nitrogen and oxygen atoms in total. The fourth-order valence-electron chi connectivity index (χ4n) is 2.40. The summed E-state index contributed by atoms with van der Waals surface area (Å²) >= 11 is 0. The first-order valence-electron chi connectivity index (χ1n) is 8.83. The molecule has 1 atom stereocenters. The van der Waals surface area contributed by atoms with Gasteiger partial charge >= 0.3 is 6.09 Å². The maximum Gasteiger partial charge on any atom is 0.407 e. The lowest BCUT2D eigenvalue weighted by atomic mass is 9.72. The number of carbonyl (C=O) groups is 1. The molecule has 0 aliphatic rings. The number of hydrogen-bond acceptors (Lipinski definition) is 4. The molecule has 0 aliphatic carbocycles. The molecule has 0 aliphatic heterocycles. The van der Waals surface area contributed by atoms with E-state index in [0.717, 1.165) is 17.5 Å². The number of benzene rings is 1. The van der Waals surface area contributed by atoms with E-state index in [1.54, 1.807) is 40.7 Å². The average Bonchev–Trinajstić information content (AvgIpc) is 2.48. The third-order valence-corrected chi connectivity index (χ3v) is 3.54. The molecule has 0 saturated carbocycles. The van der Waals surface area contributed by atoms with Gasteiger partial charge in [-0.25, -0.2) is 4.79 Å². The first-order chi connectivity index (χ1) is 11.8. The van der Waals surface area contributed by atoms with Gasteiger partial charge in [0.05, 0.1) is 13.4 Å². The number of ether oxygens (including phenoxy) is 2. The van der Waals surface area contributed by atoms with Gasteiger partial charge in [0.2, 0.25) is 0 Å². The third-order valence-electron chi connectivity index (χ3n) is 3.54. The Balaban J connectivity index is 2.93. The highest BCUT2D eigenvalue weighted by Gasteiger charge is 2.20. The summed E-state index contributed by atoms with van der Waals surface area (Å²) in [6.07, 6.45) is 0.213. The van der Waals surface area contributed by atoms with Crippen LogP contribution in [0.5, 0.6) is 5.75 Å². The molecule has 4 radical (unpaired) electrons. The smallest absolute Gasteiger partial charge is 0.407 e. The van der Waals surface area contributed by atoms with Gasteiger partial charge in [0, 0.05) is 6.54 Å². The number of nitrogens with one attached hydrogen (secondary N) is 1. The molecule has 0 bridgehead atoms. The van der Waals surface area contributed by atoms with Crippen LogP contribution in [-0.4, -0.2) is 51.2 Å². The topological polar surface area (TPSA) is 67.8 Å². The molecule has 1 rings (SSSR count). The standard InChI is InChI=1S/C19H29B2NO4/c1-7-12-8-9-14(25-11-19(5,6)24)16(21)15(12)13(20)10-22-17(23)26-18(2,3)4/h8-9,13,24H,7,10-11H2,1-6H3,(H,22,23). The Bertz CT molecular complexity index is 621. The fourth-order valence-corrected chi connectivity index (χ4v) is 2.40. The van der Waals surface area contributed by atoms with Gasteiger partial charge < -0.3 is 19.9 Å². The van der Waals surface area contributed by atoms with Gasteiger partial charge in [0.15, 0.2) is 0 Å². The summed E-state index contributed by atoms with van der Waals surface area (Å²) in [5, 5.41) is 12.5. The van der Waals surface area contributed by atoms with Crippen LogP contribution in [0.4, 0.5) is 4.79 Å². The SMILES string of the molecule is [B]c1c(OCC(C)(C)O)ccc(CC)c1C([B])CNC(=O)OC(C)(C)C. The molecule has 1 unspecified atom stereocenters. The van der Waals surface area contributed by atoms with Crippen molar-refractivity contribution in [1.82, 2.24) is 5.32 Å². The van der Waals surface area contributed by atoms with Crippen LogP contribution < -0.4 is 15.5 Å². The normalized spacial score (nSPS) is 13.2. The second kappa shape index (κ2) is 8.85. The molecular formula is C19H29B2NO4. The molecule has 1 aromatic rings.